The first-order chi connectivity index (χ1) is 9.61. The number of urea groups is 1. The Balaban J connectivity index is 1.88. The number of rotatable bonds is 4. The molecule has 5 heteroatoms. The molecule has 0 aromatic heterocycles. The van der Waals surface area contributed by atoms with Crippen molar-refractivity contribution in [3.05, 3.63) is 35.4 Å². The van der Waals surface area contributed by atoms with Crippen LogP contribution in [0.1, 0.15) is 37.4 Å². The molecule has 0 heterocycles. The summed E-state index contributed by atoms with van der Waals surface area (Å²) in [6.45, 7) is 4.08. The molecule has 0 aliphatic heterocycles. The maximum absolute atomic E-state index is 11.9. The van der Waals surface area contributed by atoms with Crippen molar-refractivity contribution in [3.63, 3.8) is 0 Å². The van der Waals surface area contributed by atoms with Crippen molar-refractivity contribution in [2.75, 3.05) is 6.54 Å². The van der Waals surface area contributed by atoms with Crippen LogP contribution in [0, 0.1) is 0 Å². The Morgan fingerprint density at radius 1 is 1.35 bits per heavy atom. The van der Waals surface area contributed by atoms with Gasteiger partial charge >= 0.3 is 6.03 Å². The van der Waals surface area contributed by atoms with E-state index in [1.807, 2.05) is 25.1 Å². The van der Waals surface area contributed by atoms with Crippen molar-refractivity contribution in [2.24, 2.45) is 0 Å². The highest BCUT2D eigenvalue weighted by atomic mass is 16.2. The third kappa shape index (κ3) is 3.29. The average molecular weight is 275 g/mol. The minimum atomic E-state index is -0.536. The molecule has 3 N–H and O–H groups in total. The van der Waals surface area contributed by atoms with Gasteiger partial charge in [-0.2, -0.15) is 0 Å². The summed E-state index contributed by atoms with van der Waals surface area (Å²) in [6.07, 6.45) is 1.88. The number of hydrogen-bond acceptors (Lipinski definition) is 2. The number of amides is 3. The van der Waals surface area contributed by atoms with Crippen LogP contribution in [-0.2, 0) is 11.2 Å². The maximum Gasteiger partial charge on any atom is 0.315 e. The molecule has 3 amide bonds. The second-order valence-electron chi connectivity index (χ2n) is 5.02. The number of nitrogens with one attached hydrogen (secondary N) is 3. The van der Waals surface area contributed by atoms with Gasteiger partial charge < -0.3 is 16.0 Å². The van der Waals surface area contributed by atoms with E-state index in [-0.39, 0.29) is 18.0 Å². The maximum atomic E-state index is 11.9. The topological polar surface area (TPSA) is 70.2 Å². The van der Waals surface area contributed by atoms with Gasteiger partial charge in [0.25, 0.3) is 0 Å². The lowest BCUT2D eigenvalue weighted by atomic mass is 10.1. The van der Waals surface area contributed by atoms with Crippen LogP contribution in [0.25, 0.3) is 0 Å². The van der Waals surface area contributed by atoms with Gasteiger partial charge in [-0.1, -0.05) is 24.3 Å². The molecule has 0 saturated carbocycles. The second-order valence-corrected chi connectivity index (χ2v) is 5.02. The third-order valence-corrected chi connectivity index (χ3v) is 3.53. The summed E-state index contributed by atoms with van der Waals surface area (Å²) in [5.41, 5.74) is 2.46. The summed E-state index contributed by atoms with van der Waals surface area (Å²) < 4.78 is 0. The number of hydrogen-bond donors (Lipinski definition) is 3. The summed E-state index contributed by atoms with van der Waals surface area (Å²) in [4.78, 5) is 23.5. The third-order valence-electron chi connectivity index (χ3n) is 3.53. The highest BCUT2D eigenvalue weighted by molar-refractivity contribution is 5.86. The SMILES string of the molecule is CCNC(=O)[C@H](C)NC(=O)N[C@@H]1CCc2ccccc21. The fourth-order valence-electron chi connectivity index (χ4n) is 2.50. The van der Waals surface area contributed by atoms with Crippen molar-refractivity contribution in [1.29, 1.82) is 0 Å². The average Bonchev–Trinajstić information content (AvgIpc) is 2.82. The molecule has 20 heavy (non-hydrogen) atoms. The first kappa shape index (κ1) is 14.4. The molecule has 108 valence electrons. The van der Waals surface area contributed by atoms with E-state index in [0.717, 1.165) is 12.8 Å². The van der Waals surface area contributed by atoms with Crippen LogP contribution in [0.3, 0.4) is 0 Å². The zero-order valence-corrected chi connectivity index (χ0v) is 11.9. The number of carbonyl (C=O) groups excluding carboxylic acids is 2. The minimum Gasteiger partial charge on any atom is -0.355 e. The summed E-state index contributed by atoms with van der Waals surface area (Å²) in [7, 11) is 0. The standard InChI is InChI=1S/C15H21N3O2/c1-3-16-14(19)10(2)17-15(20)18-13-9-8-11-6-4-5-7-12(11)13/h4-7,10,13H,3,8-9H2,1-2H3,(H,16,19)(H2,17,18,20)/t10-,13+/m0/s1. The predicted octanol–water partition coefficient (Wildman–Crippen LogP) is 1.50. The van der Waals surface area contributed by atoms with E-state index in [0.29, 0.717) is 6.54 Å². The van der Waals surface area contributed by atoms with E-state index in [4.69, 9.17) is 0 Å². The van der Waals surface area contributed by atoms with Gasteiger partial charge in [-0.15, -0.1) is 0 Å². The molecule has 0 unspecified atom stereocenters. The Labute approximate surface area is 119 Å². The van der Waals surface area contributed by atoms with Gasteiger partial charge in [0.2, 0.25) is 5.91 Å². The molecular weight excluding hydrogens is 254 g/mol. The van der Waals surface area contributed by atoms with E-state index >= 15 is 0 Å². The van der Waals surface area contributed by atoms with E-state index in [9.17, 15) is 9.59 Å². The summed E-state index contributed by atoms with van der Waals surface area (Å²) in [6, 6.07) is 7.32. The van der Waals surface area contributed by atoms with Crippen molar-refractivity contribution in [1.82, 2.24) is 16.0 Å². The zero-order valence-electron chi connectivity index (χ0n) is 11.9. The first-order valence-electron chi connectivity index (χ1n) is 7.04. The number of likely N-dealkylation sites (N-methyl/N-ethyl adjacent to an activating group) is 1. The molecule has 1 aliphatic rings. The smallest absolute Gasteiger partial charge is 0.315 e. The Kier molecular flexibility index (Phi) is 4.61. The van der Waals surface area contributed by atoms with Crippen LogP contribution < -0.4 is 16.0 Å². The largest absolute Gasteiger partial charge is 0.355 e. The molecule has 1 aliphatic carbocycles. The number of aryl methyl sites for hydroxylation is 1. The molecule has 5 nitrogen and oxygen atoms in total. The lowest BCUT2D eigenvalue weighted by Crippen LogP contribution is -2.48. The predicted molar refractivity (Wildman–Crippen MR) is 77.3 cm³/mol. The van der Waals surface area contributed by atoms with Crippen LogP contribution in [0.5, 0.6) is 0 Å². The molecule has 2 rings (SSSR count). The second kappa shape index (κ2) is 6.41. The van der Waals surface area contributed by atoms with Gasteiger partial charge in [0, 0.05) is 6.54 Å². The molecule has 0 spiro atoms. The van der Waals surface area contributed by atoms with Gasteiger partial charge in [-0.3, -0.25) is 4.79 Å². The summed E-state index contributed by atoms with van der Waals surface area (Å²) in [5, 5.41) is 8.27. The number of benzene rings is 1. The summed E-state index contributed by atoms with van der Waals surface area (Å²) in [5.74, 6) is -0.172. The van der Waals surface area contributed by atoms with Gasteiger partial charge in [0.05, 0.1) is 6.04 Å². The summed E-state index contributed by atoms with van der Waals surface area (Å²) >= 11 is 0. The van der Waals surface area contributed by atoms with Gasteiger partial charge in [0.1, 0.15) is 6.04 Å². The molecule has 0 saturated heterocycles. The van der Waals surface area contributed by atoms with E-state index in [1.165, 1.54) is 11.1 Å². The van der Waals surface area contributed by atoms with Gasteiger partial charge in [0.15, 0.2) is 0 Å². The fraction of sp³-hybridized carbons (Fsp3) is 0.467. The van der Waals surface area contributed by atoms with E-state index < -0.39 is 6.04 Å². The molecule has 0 bridgehead atoms. The Bertz CT molecular complexity index is 502. The van der Waals surface area contributed by atoms with Crippen LogP contribution in [0.2, 0.25) is 0 Å². The molecule has 1 aromatic rings. The van der Waals surface area contributed by atoms with Gasteiger partial charge in [-0.25, -0.2) is 4.79 Å². The molecule has 0 fully saturated rings. The Hall–Kier alpha value is -2.04. The molecular formula is C15H21N3O2. The van der Waals surface area contributed by atoms with E-state index in [1.54, 1.807) is 6.92 Å². The Morgan fingerprint density at radius 3 is 2.85 bits per heavy atom. The van der Waals surface area contributed by atoms with Crippen molar-refractivity contribution >= 4 is 11.9 Å². The normalized spacial score (nSPS) is 18.0. The highest BCUT2D eigenvalue weighted by Gasteiger charge is 2.24. The van der Waals surface area contributed by atoms with E-state index in [2.05, 4.69) is 22.0 Å². The molecule has 1 aromatic carbocycles. The Morgan fingerprint density at radius 2 is 2.10 bits per heavy atom. The van der Waals surface area contributed by atoms with Crippen LogP contribution in [0.15, 0.2) is 24.3 Å². The number of carbonyl (C=O) groups is 2. The van der Waals surface area contributed by atoms with Gasteiger partial charge in [-0.05, 0) is 37.8 Å². The number of fused-ring (bicyclic) bond motifs is 1. The van der Waals surface area contributed by atoms with Crippen molar-refractivity contribution in [3.8, 4) is 0 Å². The van der Waals surface area contributed by atoms with Crippen LogP contribution in [-0.4, -0.2) is 24.5 Å². The zero-order chi connectivity index (χ0) is 14.5. The van der Waals surface area contributed by atoms with Crippen molar-refractivity contribution in [2.45, 2.75) is 38.8 Å². The lowest BCUT2D eigenvalue weighted by molar-refractivity contribution is -0.122. The highest BCUT2D eigenvalue weighted by Crippen LogP contribution is 2.30. The fourth-order valence-corrected chi connectivity index (χ4v) is 2.50. The van der Waals surface area contributed by atoms with Crippen LogP contribution in [0.4, 0.5) is 4.79 Å². The van der Waals surface area contributed by atoms with Crippen LogP contribution >= 0.6 is 0 Å². The monoisotopic (exact) mass is 275 g/mol. The quantitative estimate of drug-likeness (QED) is 0.779. The minimum absolute atomic E-state index is 0.0348. The molecule has 0 radical (unpaired) electrons. The van der Waals surface area contributed by atoms with Crippen molar-refractivity contribution < 1.29 is 9.59 Å². The first-order valence-corrected chi connectivity index (χ1v) is 7.04. The lowest BCUT2D eigenvalue weighted by Gasteiger charge is -2.18. The molecule has 2 atom stereocenters.